The van der Waals surface area contributed by atoms with Crippen LogP contribution in [-0.4, -0.2) is 22.3 Å². The summed E-state index contributed by atoms with van der Waals surface area (Å²) in [6.45, 7) is 2.42. The highest BCUT2D eigenvalue weighted by atomic mass is 16.5. The molecule has 0 unspecified atom stereocenters. The summed E-state index contributed by atoms with van der Waals surface area (Å²) in [5, 5.41) is 4.06. The average Bonchev–Trinajstić information content (AvgIpc) is 2.72. The summed E-state index contributed by atoms with van der Waals surface area (Å²) < 4.78 is 6.92. The molecule has 0 radical (unpaired) electrons. The molecule has 6 heteroatoms. The van der Waals surface area contributed by atoms with Gasteiger partial charge < -0.3 is 16.2 Å². The van der Waals surface area contributed by atoms with Crippen LogP contribution in [0, 0.1) is 0 Å². The number of nitrogens with zero attached hydrogens (tertiary/aromatic N) is 2. The van der Waals surface area contributed by atoms with E-state index in [9.17, 15) is 4.79 Å². The van der Waals surface area contributed by atoms with Gasteiger partial charge in [-0.3, -0.25) is 4.79 Å². The van der Waals surface area contributed by atoms with Crippen LogP contribution < -0.4 is 16.2 Å². The van der Waals surface area contributed by atoms with Crippen molar-refractivity contribution in [1.29, 1.82) is 0 Å². The smallest absolute Gasteiger partial charge is 0.254 e. The van der Waals surface area contributed by atoms with E-state index in [1.165, 1.54) is 10.9 Å². The number of nitrogens with two attached hydrogens (primary N) is 2. The van der Waals surface area contributed by atoms with Crippen molar-refractivity contribution < 1.29 is 9.53 Å². The molecule has 1 heterocycles. The molecule has 4 N–H and O–H groups in total. The lowest BCUT2D eigenvalue weighted by Gasteiger charge is -2.11. The highest BCUT2D eigenvalue weighted by Gasteiger charge is 2.15. The Labute approximate surface area is 104 Å². The number of para-hydroxylation sites is 2. The third kappa shape index (κ3) is 2.00. The van der Waals surface area contributed by atoms with Gasteiger partial charge in [-0.2, -0.15) is 5.10 Å². The number of hydrogen-bond donors (Lipinski definition) is 2. The van der Waals surface area contributed by atoms with Crippen LogP contribution in [0.5, 0.6) is 5.75 Å². The molecule has 1 aromatic carbocycles. The Hall–Kier alpha value is -2.50. The van der Waals surface area contributed by atoms with Crippen LogP contribution in [0.25, 0.3) is 5.69 Å². The Bertz CT molecular complexity index is 577. The van der Waals surface area contributed by atoms with Crippen molar-refractivity contribution in [3.63, 3.8) is 0 Å². The second-order valence-corrected chi connectivity index (χ2v) is 3.62. The van der Waals surface area contributed by atoms with Crippen LogP contribution in [0.3, 0.4) is 0 Å². The number of amides is 1. The first-order chi connectivity index (χ1) is 8.65. The molecule has 2 rings (SSSR count). The summed E-state index contributed by atoms with van der Waals surface area (Å²) in [6, 6.07) is 7.30. The van der Waals surface area contributed by atoms with E-state index in [-0.39, 0.29) is 11.4 Å². The second-order valence-electron chi connectivity index (χ2n) is 3.62. The molecule has 2 aromatic rings. The van der Waals surface area contributed by atoms with Gasteiger partial charge in [-0.1, -0.05) is 12.1 Å². The van der Waals surface area contributed by atoms with Crippen LogP contribution >= 0.6 is 0 Å². The third-order valence-electron chi connectivity index (χ3n) is 2.47. The highest BCUT2D eigenvalue weighted by Crippen LogP contribution is 2.25. The number of hydrogen-bond acceptors (Lipinski definition) is 4. The maximum Gasteiger partial charge on any atom is 0.254 e. The molecule has 0 atom stereocenters. The molecule has 0 aliphatic rings. The number of nitrogen functional groups attached to an aromatic ring is 1. The number of ether oxygens (including phenoxy) is 1. The van der Waals surface area contributed by atoms with Crippen LogP contribution in [-0.2, 0) is 0 Å². The van der Waals surface area contributed by atoms with Gasteiger partial charge in [0.25, 0.3) is 5.91 Å². The zero-order chi connectivity index (χ0) is 13.1. The van der Waals surface area contributed by atoms with Gasteiger partial charge in [0.1, 0.15) is 22.8 Å². The minimum atomic E-state index is -0.604. The molecule has 0 fully saturated rings. The molecule has 1 amide bonds. The SMILES string of the molecule is CCOc1ccccc1-n1ncc(C(N)=O)c1N. The number of carbonyl (C=O) groups excluding carboxylic acids is 1. The Morgan fingerprint density at radius 3 is 2.78 bits per heavy atom. The molecule has 6 nitrogen and oxygen atoms in total. The van der Waals surface area contributed by atoms with Crippen molar-refractivity contribution in [3.8, 4) is 11.4 Å². The molecular formula is C12H14N4O2. The van der Waals surface area contributed by atoms with Crippen LogP contribution in [0.1, 0.15) is 17.3 Å². The predicted octanol–water partition coefficient (Wildman–Crippen LogP) is 0.952. The lowest BCUT2D eigenvalue weighted by molar-refractivity contribution is 0.100. The number of aromatic nitrogens is 2. The lowest BCUT2D eigenvalue weighted by Crippen LogP contribution is -2.13. The van der Waals surface area contributed by atoms with Crippen molar-refractivity contribution in [1.82, 2.24) is 9.78 Å². The molecule has 0 saturated carbocycles. The zero-order valence-electron chi connectivity index (χ0n) is 9.96. The van der Waals surface area contributed by atoms with Gasteiger partial charge in [0.2, 0.25) is 0 Å². The van der Waals surface area contributed by atoms with Crippen molar-refractivity contribution in [2.24, 2.45) is 5.73 Å². The fraction of sp³-hybridized carbons (Fsp3) is 0.167. The lowest BCUT2D eigenvalue weighted by atomic mass is 10.3. The van der Waals surface area contributed by atoms with Crippen molar-refractivity contribution in [2.45, 2.75) is 6.92 Å². The Balaban J connectivity index is 2.52. The number of benzene rings is 1. The van der Waals surface area contributed by atoms with E-state index in [0.29, 0.717) is 18.0 Å². The van der Waals surface area contributed by atoms with E-state index in [2.05, 4.69) is 5.10 Å². The van der Waals surface area contributed by atoms with Crippen molar-refractivity contribution in [3.05, 3.63) is 36.0 Å². The fourth-order valence-electron chi connectivity index (χ4n) is 1.65. The minimum absolute atomic E-state index is 0.196. The van der Waals surface area contributed by atoms with Crippen LogP contribution in [0.4, 0.5) is 5.82 Å². The largest absolute Gasteiger partial charge is 0.492 e. The second kappa shape index (κ2) is 4.79. The van der Waals surface area contributed by atoms with E-state index in [1.807, 2.05) is 25.1 Å². The number of rotatable bonds is 4. The first-order valence-electron chi connectivity index (χ1n) is 5.50. The zero-order valence-corrected chi connectivity index (χ0v) is 9.96. The molecular weight excluding hydrogens is 232 g/mol. The first kappa shape index (κ1) is 12.0. The van der Waals surface area contributed by atoms with Crippen LogP contribution in [0.2, 0.25) is 0 Å². The molecule has 94 valence electrons. The normalized spacial score (nSPS) is 10.3. The summed E-state index contributed by atoms with van der Waals surface area (Å²) in [5.41, 5.74) is 11.9. The summed E-state index contributed by atoms with van der Waals surface area (Å²) in [6.07, 6.45) is 1.35. The Kier molecular flexibility index (Phi) is 3.18. The molecule has 0 bridgehead atoms. The number of primary amides is 1. The average molecular weight is 246 g/mol. The van der Waals surface area contributed by atoms with Crippen molar-refractivity contribution in [2.75, 3.05) is 12.3 Å². The maximum atomic E-state index is 11.1. The summed E-state index contributed by atoms with van der Waals surface area (Å²) in [5.74, 6) is 0.244. The quantitative estimate of drug-likeness (QED) is 0.839. The van der Waals surface area contributed by atoms with E-state index in [1.54, 1.807) is 6.07 Å². The van der Waals surface area contributed by atoms with Gasteiger partial charge >= 0.3 is 0 Å². The maximum absolute atomic E-state index is 11.1. The fourth-order valence-corrected chi connectivity index (χ4v) is 1.65. The Morgan fingerprint density at radius 2 is 2.17 bits per heavy atom. The number of carbonyl (C=O) groups is 1. The molecule has 0 saturated heterocycles. The molecule has 0 aliphatic carbocycles. The van der Waals surface area contributed by atoms with Crippen molar-refractivity contribution >= 4 is 11.7 Å². The topological polar surface area (TPSA) is 96.2 Å². The third-order valence-corrected chi connectivity index (χ3v) is 2.47. The van der Waals surface area contributed by atoms with E-state index < -0.39 is 5.91 Å². The van der Waals surface area contributed by atoms with Gasteiger partial charge in [0.15, 0.2) is 0 Å². The van der Waals surface area contributed by atoms with Gasteiger partial charge in [0.05, 0.1) is 12.8 Å². The van der Waals surface area contributed by atoms with E-state index >= 15 is 0 Å². The van der Waals surface area contributed by atoms with Gasteiger partial charge in [0, 0.05) is 0 Å². The molecule has 18 heavy (non-hydrogen) atoms. The monoisotopic (exact) mass is 246 g/mol. The van der Waals surface area contributed by atoms with Gasteiger partial charge in [-0.05, 0) is 19.1 Å². The van der Waals surface area contributed by atoms with Gasteiger partial charge in [-0.25, -0.2) is 4.68 Å². The van der Waals surface area contributed by atoms with E-state index in [0.717, 1.165) is 0 Å². The van der Waals surface area contributed by atoms with E-state index in [4.69, 9.17) is 16.2 Å². The summed E-state index contributed by atoms with van der Waals surface area (Å²) in [4.78, 5) is 11.1. The number of anilines is 1. The molecule has 1 aromatic heterocycles. The first-order valence-corrected chi connectivity index (χ1v) is 5.50. The molecule has 0 spiro atoms. The molecule has 0 aliphatic heterocycles. The summed E-state index contributed by atoms with van der Waals surface area (Å²) >= 11 is 0. The standard InChI is InChI=1S/C12H14N4O2/c1-2-18-10-6-4-3-5-9(10)16-11(13)8(7-15-16)12(14)17/h3-7H,2,13H2,1H3,(H2,14,17). The predicted molar refractivity (Wildman–Crippen MR) is 67.7 cm³/mol. The minimum Gasteiger partial charge on any atom is -0.492 e. The highest BCUT2D eigenvalue weighted by molar-refractivity contribution is 5.97. The van der Waals surface area contributed by atoms with Gasteiger partial charge in [-0.15, -0.1) is 0 Å². The summed E-state index contributed by atoms with van der Waals surface area (Å²) in [7, 11) is 0. The Morgan fingerprint density at radius 1 is 1.44 bits per heavy atom. The van der Waals surface area contributed by atoms with Crippen LogP contribution in [0.15, 0.2) is 30.5 Å².